The van der Waals surface area contributed by atoms with E-state index in [2.05, 4.69) is 33.4 Å². The molecule has 0 radical (unpaired) electrons. The maximum Gasteiger partial charge on any atom is 0.224 e. The van der Waals surface area contributed by atoms with E-state index >= 15 is 0 Å². The van der Waals surface area contributed by atoms with Crippen molar-refractivity contribution in [2.24, 2.45) is 0 Å². The highest BCUT2D eigenvalue weighted by Crippen LogP contribution is 2.34. The predicted octanol–water partition coefficient (Wildman–Crippen LogP) is 5.10. The molecule has 2 aromatic rings. The van der Waals surface area contributed by atoms with Crippen LogP contribution in [0.2, 0.25) is 5.02 Å². The van der Waals surface area contributed by atoms with E-state index in [0.29, 0.717) is 6.42 Å². The van der Waals surface area contributed by atoms with Gasteiger partial charge >= 0.3 is 0 Å². The fraction of sp³-hybridized carbons (Fsp3) is 0.235. The van der Waals surface area contributed by atoms with Crippen LogP contribution in [0.25, 0.3) is 0 Å². The van der Waals surface area contributed by atoms with Crippen molar-refractivity contribution in [1.29, 1.82) is 0 Å². The highest BCUT2D eigenvalue weighted by molar-refractivity contribution is 9.09. The first-order valence-electron chi connectivity index (χ1n) is 6.96. The third kappa shape index (κ3) is 3.30. The molecular weight excluding hydrogens is 350 g/mol. The molecule has 2 aromatic carbocycles. The third-order valence-electron chi connectivity index (χ3n) is 3.71. The lowest BCUT2D eigenvalue weighted by Crippen LogP contribution is -2.09. The molecule has 1 amide bonds. The zero-order valence-electron chi connectivity index (χ0n) is 11.4. The number of rotatable bonds is 2. The van der Waals surface area contributed by atoms with E-state index in [1.54, 1.807) is 0 Å². The van der Waals surface area contributed by atoms with Crippen molar-refractivity contribution < 1.29 is 4.79 Å². The molecule has 21 heavy (non-hydrogen) atoms. The predicted molar refractivity (Wildman–Crippen MR) is 90.2 cm³/mol. The molecule has 1 aliphatic heterocycles. The molecule has 0 saturated heterocycles. The number of nitrogens with one attached hydrogen (secondary N) is 1. The Kier molecular flexibility index (Phi) is 4.32. The van der Waals surface area contributed by atoms with Gasteiger partial charge in [-0.2, -0.15) is 0 Å². The SMILES string of the molecule is O=C1CCCc2cc(C(Br)c3ccc(Cl)cc3)ccc2N1. The second-order valence-electron chi connectivity index (χ2n) is 5.23. The standard InChI is InChI=1S/C17H15BrClNO/c18-17(11-4-7-14(19)8-5-11)13-6-9-15-12(10-13)2-1-3-16(21)20-15/h4-10,17H,1-3H2,(H,20,21). The molecule has 108 valence electrons. The number of benzene rings is 2. The number of halogens is 2. The van der Waals surface area contributed by atoms with Gasteiger partial charge < -0.3 is 5.32 Å². The maximum atomic E-state index is 11.6. The summed E-state index contributed by atoms with van der Waals surface area (Å²) in [4.78, 5) is 11.7. The van der Waals surface area contributed by atoms with Gasteiger partial charge in [0.25, 0.3) is 0 Å². The number of aryl methyl sites for hydroxylation is 1. The lowest BCUT2D eigenvalue weighted by molar-refractivity contribution is -0.116. The molecule has 0 bridgehead atoms. The number of hydrogen-bond donors (Lipinski definition) is 1. The molecule has 0 fully saturated rings. The summed E-state index contributed by atoms with van der Waals surface area (Å²) in [7, 11) is 0. The monoisotopic (exact) mass is 363 g/mol. The first-order valence-corrected chi connectivity index (χ1v) is 8.25. The van der Waals surface area contributed by atoms with Crippen molar-refractivity contribution in [1.82, 2.24) is 0 Å². The van der Waals surface area contributed by atoms with Gasteiger partial charge in [0.15, 0.2) is 0 Å². The Balaban J connectivity index is 1.91. The lowest BCUT2D eigenvalue weighted by atomic mass is 9.99. The van der Waals surface area contributed by atoms with Crippen LogP contribution in [-0.4, -0.2) is 5.91 Å². The molecule has 4 heteroatoms. The molecule has 1 heterocycles. The minimum Gasteiger partial charge on any atom is -0.326 e. The molecule has 2 nitrogen and oxygen atoms in total. The number of alkyl halides is 1. The molecule has 1 unspecified atom stereocenters. The Morgan fingerprint density at radius 1 is 1.05 bits per heavy atom. The maximum absolute atomic E-state index is 11.6. The molecule has 0 aromatic heterocycles. The minimum absolute atomic E-state index is 0.106. The van der Waals surface area contributed by atoms with Crippen LogP contribution in [0.5, 0.6) is 0 Å². The van der Waals surface area contributed by atoms with Gasteiger partial charge in [-0.25, -0.2) is 0 Å². The highest BCUT2D eigenvalue weighted by Gasteiger charge is 2.16. The van der Waals surface area contributed by atoms with Crippen LogP contribution >= 0.6 is 27.5 Å². The second-order valence-corrected chi connectivity index (χ2v) is 6.58. The Hall–Kier alpha value is -1.32. The minimum atomic E-state index is 0.106. The highest BCUT2D eigenvalue weighted by atomic mass is 79.9. The van der Waals surface area contributed by atoms with Gasteiger partial charge in [0.1, 0.15) is 0 Å². The van der Waals surface area contributed by atoms with Crippen LogP contribution in [0.4, 0.5) is 5.69 Å². The fourth-order valence-electron chi connectivity index (χ4n) is 2.58. The number of hydrogen-bond acceptors (Lipinski definition) is 1. The molecule has 1 atom stereocenters. The van der Waals surface area contributed by atoms with E-state index in [9.17, 15) is 4.79 Å². The molecular formula is C17H15BrClNO. The van der Waals surface area contributed by atoms with E-state index in [-0.39, 0.29) is 10.7 Å². The van der Waals surface area contributed by atoms with E-state index in [1.165, 1.54) is 11.1 Å². The summed E-state index contributed by atoms with van der Waals surface area (Å²) in [6, 6.07) is 14.1. The van der Waals surface area contributed by atoms with E-state index in [4.69, 9.17) is 11.6 Å². The number of amides is 1. The molecule has 1 aliphatic rings. The normalized spacial score (nSPS) is 15.8. The third-order valence-corrected chi connectivity index (χ3v) is 5.02. The molecule has 1 N–H and O–H groups in total. The summed E-state index contributed by atoms with van der Waals surface area (Å²) in [6.45, 7) is 0. The largest absolute Gasteiger partial charge is 0.326 e. The topological polar surface area (TPSA) is 29.1 Å². The van der Waals surface area contributed by atoms with Gasteiger partial charge in [0, 0.05) is 17.1 Å². The first-order chi connectivity index (χ1) is 10.1. The second kappa shape index (κ2) is 6.20. The summed E-state index contributed by atoms with van der Waals surface area (Å²) < 4.78 is 0. The summed E-state index contributed by atoms with van der Waals surface area (Å²) in [5.74, 6) is 0.106. The van der Waals surface area contributed by atoms with Crippen LogP contribution in [0.15, 0.2) is 42.5 Å². The number of carbonyl (C=O) groups excluding carboxylic acids is 1. The quantitative estimate of drug-likeness (QED) is 0.738. The summed E-state index contributed by atoms with van der Waals surface area (Å²) >= 11 is 9.68. The Morgan fingerprint density at radius 3 is 2.52 bits per heavy atom. The number of carbonyl (C=O) groups is 1. The zero-order chi connectivity index (χ0) is 14.8. The van der Waals surface area contributed by atoms with Crippen molar-refractivity contribution in [2.45, 2.75) is 24.1 Å². The van der Waals surface area contributed by atoms with Crippen molar-refractivity contribution in [3.05, 3.63) is 64.2 Å². The van der Waals surface area contributed by atoms with Gasteiger partial charge in [0.05, 0.1) is 4.83 Å². The van der Waals surface area contributed by atoms with Gasteiger partial charge in [-0.3, -0.25) is 4.79 Å². The average molecular weight is 365 g/mol. The Labute approximate surface area is 137 Å². The van der Waals surface area contributed by atoms with E-state index in [0.717, 1.165) is 29.1 Å². The van der Waals surface area contributed by atoms with Crippen molar-refractivity contribution in [3.8, 4) is 0 Å². The van der Waals surface area contributed by atoms with Crippen molar-refractivity contribution >= 4 is 39.1 Å². The first kappa shape index (κ1) is 14.6. The fourth-order valence-corrected chi connectivity index (χ4v) is 3.29. The Morgan fingerprint density at radius 2 is 1.76 bits per heavy atom. The van der Waals surface area contributed by atoms with Gasteiger partial charge in [-0.05, 0) is 47.7 Å². The van der Waals surface area contributed by atoms with Crippen LogP contribution in [0.1, 0.15) is 34.4 Å². The van der Waals surface area contributed by atoms with Gasteiger partial charge in [-0.15, -0.1) is 0 Å². The van der Waals surface area contributed by atoms with Crippen LogP contribution < -0.4 is 5.32 Å². The van der Waals surface area contributed by atoms with Crippen LogP contribution in [0, 0.1) is 0 Å². The summed E-state index contributed by atoms with van der Waals surface area (Å²) in [5, 5.41) is 3.70. The van der Waals surface area contributed by atoms with Crippen LogP contribution in [-0.2, 0) is 11.2 Å². The van der Waals surface area contributed by atoms with Crippen molar-refractivity contribution in [2.75, 3.05) is 5.32 Å². The number of anilines is 1. The lowest BCUT2D eigenvalue weighted by Gasteiger charge is -2.14. The molecule has 0 saturated carbocycles. The van der Waals surface area contributed by atoms with Crippen molar-refractivity contribution in [3.63, 3.8) is 0 Å². The van der Waals surface area contributed by atoms with E-state index in [1.807, 2.05) is 30.3 Å². The van der Waals surface area contributed by atoms with Gasteiger partial charge in [0.2, 0.25) is 5.91 Å². The zero-order valence-corrected chi connectivity index (χ0v) is 13.7. The smallest absolute Gasteiger partial charge is 0.224 e. The number of fused-ring (bicyclic) bond motifs is 1. The Bertz CT molecular complexity index is 669. The van der Waals surface area contributed by atoms with Crippen LogP contribution in [0.3, 0.4) is 0 Å². The van der Waals surface area contributed by atoms with E-state index < -0.39 is 0 Å². The summed E-state index contributed by atoms with van der Waals surface area (Å²) in [6.07, 6.45) is 2.43. The average Bonchev–Trinajstić information content (AvgIpc) is 2.67. The molecule has 0 aliphatic carbocycles. The molecule has 3 rings (SSSR count). The van der Waals surface area contributed by atoms with Gasteiger partial charge in [-0.1, -0.05) is 51.8 Å². The summed E-state index contributed by atoms with van der Waals surface area (Å²) in [5.41, 5.74) is 4.50. The molecule has 0 spiro atoms.